The third-order valence-electron chi connectivity index (χ3n) is 4.59. The molecule has 0 bridgehead atoms. The molecule has 0 saturated heterocycles. The standard InChI is InChI=1S/C12H21NO/c1-11(2,9-6-5-7-9)12(3,4)10(14)8-13/h9-10,14H,5-7H2,1-4H3. The summed E-state index contributed by atoms with van der Waals surface area (Å²) < 4.78 is 0. The summed E-state index contributed by atoms with van der Waals surface area (Å²) in [6.07, 6.45) is 2.92. The Morgan fingerprint density at radius 1 is 1.29 bits per heavy atom. The van der Waals surface area contributed by atoms with Crippen LogP contribution in [-0.4, -0.2) is 11.2 Å². The van der Waals surface area contributed by atoms with Gasteiger partial charge in [0, 0.05) is 5.41 Å². The minimum absolute atomic E-state index is 0.0421. The summed E-state index contributed by atoms with van der Waals surface area (Å²) >= 11 is 0. The van der Waals surface area contributed by atoms with E-state index in [4.69, 9.17) is 5.26 Å². The van der Waals surface area contributed by atoms with Crippen molar-refractivity contribution in [2.45, 2.75) is 53.1 Å². The van der Waals surface area contributed by atoms with Gasteiger partial charge in [0.1, 0.15) is 6.10 Å². The van der Waals surface area contributed by atoms with Crippen LogP contribution < -0.4 is 0 Å². The van der Waals surface area contributed by atoms with Crippen molar-refractivity contribution in [2.75, 3.05) is 0 Å². The maximum Gasteiger partial charge on any atom is 0.146 e. The van der Waals surface area contributed by atoms with E-state index in [-0.39, 0.29) is 10.8 Å². The molecular weight excluding hydrogens is 174 g/mol. The lowest BCUT2D eigenvalue weighted by Gasteiger charge is -2.51. The Morgan fingerprint density at radius 2 is 1.79 bits per heavy atom. The Hall–Kier alpha value is -0.550. The van der Waals surface area contributed by atoms with E-state index < -0.39 is 6.10 Å². The Balaban J connectivity index is 2.83. The van der Waals surface area contributed by atoms with Gasteiger partial charge in [-0.15, -0.1) is 0 Å². The summed E-state index contributed by atoms with van der Waals surface area (Å²) in [5, 5.41) is 18.5. The molecule has 1 N–H and O–H groups in total. The first-order valence-corrected chi connectivity index (χ1v) is 5.41. The van der Waals surface area contributed by atoms with Crippen molar-refractivity contribution in [3.63, 3.8) is 0 Å². The summed E-state index contributed by atoms with van der Waals surface area (Å²) in [4.78, 5) is 0. The van der Waals surface area contributed by atoms with Gasteiger partial charge in [0.25, 0.3) is 0 Å². The minimum Gasteiger partial charge on any atom is -0.378 e. The first kappa shape index (κ1) is 11.5. The number of rotatable bonds is 3. The minimum atomic E-state index is -0.863. The van der Waals surface area contributed by atoms with E-state index in [1.165, 1.54) is 19.3 Å². The lowest BCUT2D eigenvalue weighted by atomic mass is 9.54. The van der Waals surface area contributed by atoms with Gasteiger partial charge in [0.2, 0.25) is 0 Å². The van der Waals surface area contributed by atoms with Crippen LogP contribution >= 0.6 is 0 Å². The van der Waals surface area contributed by atoms with Crippen LogP contribution in [0.4, 0.5) is 0 Å². The van der Waals surface area contributed by atoms with Gasteiger partial charge >= 0.3 is 0 Å². The number of aliphatic hydroxyl groups excluding tert-OH is 1. The maximum atomic E-state index is 9.73. The molecular formula is C12H21NO. The molecule has 1 atom stereocenters. The normalized spacial score (nSPS) is 21.1. The summed E-state index contributed by atoms with van der Waals surface area (Å²) in [6.45, 7) is 8.35. The summed E-state index contributed by atoms with van der Waals surface area (Å²) in [5.41, 5.74) is -0.284. The quantitative estimate of drug-likeness (QED) is 0.704. The molecule has 1 rings (SSSR count). The molecule has 1 aliphatic rings. The van der Waals surface area contributed by atoms with E-state index in [1.807, 2.05) is 19.9 Å². The fourth-order valence-corrected chi connectivity index (χ4v) is 2.17. The molecule has 0 radical (unpaired) electrons. The summed E-state index contributed by atoms with van der Waals surface area (Å²) in [7, 11) is 0. The smallest absolute Gasteiger partial charge is 0.146 e. The molecule has 0 aliphatic heterocycles. The van der Waals surface area contributed by atoms with E-state index in [2.05, 4.69) is 13.8 Å². The second kappa shape index (κ2) is 3.55. The highest BCUT2D eigenvalue weighted by Crippen LogP contribution is 2.53. The van der Waals surface area contributed by atoms with Crippen molar-refractivity contribution in [3.05, 3.63) is 0 Å². The fourth-order valence-electron chi connectivity index (χ4n) is 2.17. The average molecular weight is 195 g/mol. The van der Waals surface area contributed by atoms with Crippen molar-refractivity contribution >= 4 is 0 Å². The highest BCUT2D eigenvalue weighted by Gasteiger charge is 2.48. The van der Waals surface area contributed by atoms with E-state index in [9.17, 15) is 5.11 Å². The number of nitrogens with zero attached hydrogens (tertiary/aromatic N) is 1. The van der Waals surface area contributed by atoms with Crippen molar-refractivity contribution in [3.8, 4) is 6.07 Å². The SMILES string of the molecule is CC(C)(C(O)C#N)C(C)(C)C1CCC1. The zero-order valence-corrected chi connectivity index (χ0v) is 9.67. The molecule has 2 heteroatoms. The van der Waals surface area contributed by atoms with Gasteiger partial charge in [0.15, 0.2) is 0 Å². The highest BCUT2D eigenvalue weighted by molar-refractivity contribution is 5.04. The van der Waals surface area contributed by atoms with Crippen LogP contribution in [-0.2, 0) is 0 Å². The van der Waals surface area contributed by atoms with Crippen LogP contribution in [0.5, 0.6) is 0 Å². The van der Waals surface area contributed by atoms with Gasteiger partial charge in [0.05, 0.1) is 6.07 Å². The largest absolute Gasteiger partial charge is 0.378 e. The van der Waals surface area contributed by atoms with E-state index >= 15 is 0 Å². The first-order valence-electron chi connectivity index (χ1n) is 5.41. The topological polar surface area (TPSA) is 44.0 Å². The van der Waals surface area contributed by atoms with E-state index in [1.54, 1.807) is 0 Å². The molecule has 0 spiro atoms. The Kier molecular flexibility index (Phi) is 2.92. The highest BCUT2D eigenvalue weighted by atomic mass is 16.3. The first-order chi connectivity index (χ1) is 6.34. The van der Waals surface area contributed by atoms with Crippen LogP contribution in [0.25, 0.3) is 0 Å². The number of hydrogen-bond donors (Lipinski definition) is 1. The predicted molar refractivity (Wildman–Crippen MR) is 56.5 cm³/mol. The zero-order valence-electron chi connectivity index (χ0n) is 9.67. The van der Waals surface area contributed by atoms with Crippen LogP contribution in [0.15, 0.2) is 0 Å². The third-order valence-corrected chi connectivity index (χ3v) is 4.59. The van der Waals surface area contributed by atoms with Crippen LogP contribution in [0, 0.1) is 28.1 Å². The molecule has 1 saturated carbocycles. The maximum absolute atomic E-state index is 9.73. The van der Waals surface area contributed by atoms with Crippen LogP contribution in [0.1, 0.15) is 47.0 Å². The summed E-state index contributed by atoms with van der Waals surface area (Å²) in [6, 6.07) is 1.97. The van der Waals surface area contributed by atoms with Gasteiger partial charge in [-0.25, -0.2) is 0 Å². The Labute approximate surface area is 86.9 Å². The lowest BCUT2D eigenvalue weighted by molar-refractivity contribution is -0.0631. The van der Waals surface area contributed by atoms with Gasteiger partial charge in [-0.3, -0.25) is 0 Å². The van der Waals surface area contributed by atoms with Crippen LogP contribution in [0.2, 0.25) is 0 Å². The second-order valence-corrected chi connectivity index (χ2v) is 5.60. The van der Waals surface area contributed by atoms with Crippen molar-refractivity contribution in [1.82, 2.24) is 0 Å². The molecule has 2 nitrogen and oxygen atoms in total. The number of aliphatic hydroxyl groups is 1. The number of hydrogen-bond acceptors (Lipinski definition) is 2. The molecule has 1 fully saturated rings. The second-order valence-electron chi connectivity index (χ2n) is 5.60. The number of nitriles is 1. The molecule has 80 valence electrons. The molecule has 14 heavy (non-hydrogen) atoms. The average Bonchev–Trinajstić information content (AvgIpc) is 1.98. The zero-order chi connectivity index (χ0) is 11.0. The van der Waals surface area contributed by atoms with Crippen LogP contribution in [0.3, 0.4) is 0 Å². The molecule has 0 aromatic carbocycles. The van der Waals surface area contributed by atoms with Gasteiger partial charge < -0.3 is 5.11 Å². The molecule has 0 aromatic heterocycles. The van der Waals surface area contributed by atoms with Crippen molar-refractivity contribution < 1.29 is 5.11 Å². The Morgan fingerprint density at radius 3 is 2.07 bits per heavy atom. The van der Waals surface area contributed by atoms with Gasteiger partial charge in [-0.2, -0.15) is 5.26 Å². The Bertz CT molecular complexity index is 246. The van der Waals surface area contributed by atoms with Crippen molar-refractivity contribution in [1.29, 1.82) is 5.26 Å². The molecule has 1 aliphatic carbocycles. The fraction of sp³-hybridized carbons (Fsp3) is 0.917. The molecule has 1 unspecified atom stereocenters. The summed E-state index contributed by atoms with van der Waals surface area (Å²) in [5.74, 6) is 0.667. The molecule has 0 heterocycles. The predicted octanol–water partition coefficient (Wildman–Crippen LogP) is 2.72. The van der Waals surface area contributed by atoms with Gasteiger partial charge in [-0.05, 0) is 24.2 Å². The lowest BCUT2D eigenvalue weighted by Crippen LogP contribution is -2.48. The molecule has 0 aromatic rings. The molecule has 0 amide bonds. The van der Waals surface area contributed by atoms with Gasteiger partial charge in [-0.1, -0.05) is 34.1 Å². The monoisotopic (exact) mass is 195 g/mol. The van der Waals surface area contributed by atoms with E-state index in [0.717, 1.165) is 0 Å². The van der Waals surface area contributed by atoms with E-state index in [0.29, 0.717) is 5.92 Å². The van der Waals surface area contributed by atoms with Crippen molar-refractivity contribution in [2.24, 2.45) is 16.7 Å². The third kappa shape index (κ3) is 1.54.